The van der Waals surface area contributed by atoms with Gasteiger partial charge in [0.05, 0.1) is 11.8 Å². The number of nitrogens with zero attached hydrogens (tertiary/aromatic N) is 1. The molecular weight excluding hydrogens is 248 g/mol. The topological polar surface area (TPSA) is 45.5 Å². The van der Waals surface area contributed by atoms with Crippen LogP contribution < -0.4 is 5.43 Å². The van der Waals surface area contributed by atoms with E-state index in [2.05, 4.69) is 21.4 Å². The Labute approximate surface area is 90.4 Å². The first-order chi connectivity index (χ1) is 6.79. The average Bonchev–Trinajstić information content (AvgIpc) is 2.65. The Morgan fingerprint density at radius 3 is 3.00 bits per heavy atom. The summed E-state index contributed by atoms with van der Waals surface area (Å²) in [6, 6.07) is 1.67. The molecule has 0 bridgehead atoms. The highest BCUT2D eigenvalue weighted by molar-refractivity contribution is 9.10. The molecule has 0 radical (unpaired) electrons. The molecule has 1 saturated heterocycles. The number of hydrazine groups is 1. The SMILES string of the molecule is O=C(c1ccoc1Br)N1CCCCN1. The second kappa shape index (κ2) is 4.14. The van der Waals surface area contributed by atoms with Gasteiger partial charge in [-0.25, -0.2) is 5.43 Å². The molecule has 4 nitrogen and oxygen atoms in total. The van der Waals surface area contributed by atoms with Crippen LogP contribution in [0.5, 0.6) is 0 Å². The van der Waals surface area contributed by atoms with E-state index < -0.39 is 0 Å². The maximum absolute atomic E-state index is 11.9. The predicted octanol–water partition coefficient (Wildman–Crippen LogP) is 1.78. The Morgan fingerprint density at radius 1 is 1.57 bits per heavy atom. The van der Waals surface area contributed by atoms with Crippen LogP contribution in [-0.4, -0.2) is 24.0 Å². The smallest absolute Gasteiger partial charge is 0.272 e. The largest absolute Gasteiger partial charge is 0.457 e. The van der Waals surface area contributed by atoms with Crippen molar-refractivity contribution in [3.8, 4) is 0 Å². The fraction of sp³-hybridized carbons (Fsp3) is 0.444. The van der Waals surface area contributed by atoms with Gasteiger partial charge in [-0.3, -0.25) is 9.80 Å². The van der Waals surface area contributed by atoms with Crippen LogP contribution >= 0.6 is 15.9 Å². The minimum Gasteiger partial charge on any atom is -0.457 e. The lowest BCUT2D eigenvalue weighted by atomic mass is 10.2. The van der Waals surface area contributed by atoms with Crippen LogP contribution in [0, 0.1) is 0 Å². The Kier molecular flexibility index (Phi) is 2.88. The van der Waals surface area contributed by atoms with E-state index in [1.54, 1.807) is 11.1 Å². The lowest BCUT2D eigenvalue weighted by Gasteiger charge is -2.27. The van der Waals surface area contributed by atoms with Gasteiger partial charge in [0.15, 0.2) is 4.67 Å². The fourth-order valence-electron chi connectivity index (χ4n) is 1.45. The summed E-state index contributed by atoms with van der Waals surface area (Å²) in [5.74, 6) is -0.0367. The molecule has 0 spiro atoms. The Bertz CT molecular complexity index is 331. The van der Waals surface area contributed by atoms with E-state index in [9.17, 15) is 4.79 Å². The molecule has 2 rings (SSSR count). The van der Waals surface area contributed by atoms with Crippen molar-refractivity contribution < 1.29 is 9.21 Å². The lowest BCUT2D eigenvalue weighted by Crippen LogP contribution is -2.46. The van der Waals surface area contributed by atoms with Crippen LogP contribution in [0.1, 0.15) is 23.2 Å². The molecule has 1 aromatic heterocycles. The summed E-state index contributed by atoms with van der Waals surface area (Å²) in [5.41, 5.74) is 3.62. The Balaban J connectivity index is 2.11. The van der Waals surface area contributed by atoms with Crippen LogP contribution in [-0.2, 0) is 0 Å². The number of carbonyl (C=O) groups is 1. The highest BCUT2D eigenvalue weighted by Crippen LogP contribution is 2.19. The zero-order chi connectivity index (χ0) is 9.97. The van der Waals surface area contributed by atoms with Crippen molar-refractivity contribution in [3.63, 3.8) is 0 Å². The van der Waals surface area contributed by atoms with E-state index in [-0.39, 0.29) is 5.91 Å². The zero-order valence-corrected chi connectivity index (χ0v) is 9.21. The van der Waals surface area contributed by atoms with Gasteiger partial charge in [-0.1, -0.05) is 0 Å². The summed E-state index contributed by atoms with van der Waals surface area (Å²) in [7, 11) is 0. The third-order valence-electron chi connectivity index (χ3n) is 2.20. The quantitative estimate of drug-likeness (QED) is 0.836. The van der Waals surface area contributed by atoms with Crippen molar-refractivity contribution in [3.05, 3.63) is 22.6 Å². The number of furan rings is 1. The van der Waals surface area contributed by atoms with E-state index in [1.165, 1.54) is 6.26 Å². The number of hydrogen-bond acceptors (Lipinski definition) is 3. The second-order valence-corrected chi connectivity index (χ2v) is 3.90. The molecule has 1 amide bonds. The molecule has 0 atom stereocenters. The normalized spacial score (nSPS) is 17.1. The van der Waals surface area contributed by atoms with E-state index >= 15 is 0 Å². The van der Waals surface area contributed by atoms with Crippen molar-refractivity contribution >= 4 is 21.8 Å². The van der Waals surface area contributed by atoms with Crippen LogP contribution in [0.15, 0.2) is 21.4 Å². The van der Waals surface area contributed by atoms with E-state index in [0.29, 0.717) is 10.2 Å². The van der Waals surface area contributed by atoms with Crippen LogP contribution in [0.3, 0.4) is 0 Å². The van der Waals surface area contributed by atoms with Crippen molar-refractivity contribution in [2.45, 2.75) is 12.8 Å². The van der Waals surface area contributed by atoms with E-state index in [1.807, 2.05) is 0 Å². The van der Waals surface area contributed by atoms with E-state index in [4.69, 9.17) is 4.42 Å². The number of carbonyl (C=O) groups excluding carboxylic acids is 1. The highest BCUT2D eigenvalue weighted by Gasteiger charge is 2.21. The minimum atomic E-state index is -0.0367. The van der Waals surface area contributed by atoms with Gasteiger partial charge >= 0.3 is 0 Å². The van der Waals surface area contributed by atoms with Gasteiger partial charge in [-0.2, -0.15) is 0 Å². The first-order valence-electron chi connectivity index (χ1n) is 4.57. The first kappa shape index (κ1) is 9.73. The number of halogens is 1. The number of amides is 1. The van der Waals surface area contributed by atoms with Crippen molar-refractivity contribution in [2.75, 3.05) is 13.1 Å². The molecule has 14 heavy (non-hydrogen) atoms. The van der Waals surface area contributed by atoms with Gasteiger partial charge in [-0.15, -0.1) is 0 Å². The molecule has 1 aliphatic heterocycles. The van der Waals surface area contributed by atoms with Gasteiger partial charge in [0.2, 0.25) is 0 Å². The van der Waals surface area contributed by atoms with Crippen LogP contribution in [0.25, 0.3) is 0 Å². The summed E-state index contributed by atoms with van der Waals surface area (Å²) in [6.07, 6.45) is 3.67. The molecule has 1 fully saturated rings. The summed E-state index contributed by atoms with van der Waals surface area (Å²) in [5, 5.41) is 1.64. The molecule has 1 aliphatic rings. The first-order valence-corrected chi connectivity index (χ1v) is 5.36. The molecule has 0 aromatic carbocycles. The summed E-state index contributed by atoms with van der Waals surface area (Å²) >= 11 is 3.19. The van der Waals surface area contributed by atoms with E-state index in [0.717, 1.165) is 25.9 Å². The monoisotopic (exact) mass is 258 g/mol. The maximum Gasteiger partial charge on any atom is 0.272 e. The van der Waals surface area contributed by atoms with Gasteiger partial charge in [0.1, 0.15) is 0 Å². The zero-order valence-electron chi connectivity index (χ0n) is 7.62. The highest BCUT2D eigenvalue weighted by atomic mass is 79.9. The fourth-order valence-corrected chi connectivity index (χ4v) is 1.86. The van der Waals surface area contributed by atoms with Gasteiger partial charge in [0, 0.05) is 13.1 Å². The maximum atomic E-state index is 11.9. The molecule has 1 N–H and O–H groups in total. The summed E-state index contributed by atoms with van der Waals surface area (Å²) in [6.45, 7) is 1.62. The molecular formula is C9H11BrN2O2. The van der Waals surface area contributed by atoms with Crippen LogP contribution in [0.4, 0.5) is 0 Å². The van der Waals surface area contributed by atoms with Gasteiger partial charge in [-0.05, 0) is 34.8 Å². The second-order valence-electron chi connectivity index (χ2n) is 3.18. The summed E-state index contributed by atoms with van der Waals surface area (Å²) < 4.78 is 5.51. The van der Waals surface area contributed by atoms with Crippen molar-refractivity contribution in [1.82, 2.24) is 10.4 Å². The van der Waals surface area contributed by atoms with Crippen molar-refractivity contribution in [2.24, 2.45) is 0 Å². The Hall–Kier alpha value is -0.810. The Morgan fingerprint density at radius 2 is 2.43 bits per heavy atom. The summed E-state index contributed by atoms with van der Waals surface area (Å²) in [4.78, 5) is 11.9. The third-order valence-corrected chi connectivity index (χ3v) is 2.82. The van der Waals surface area contributed by atoms with Gasteiger partial charge in [0.25, 0.3) is 5.91 Å². The molecule has 5 heteroatoms. The molecule has 1 aromatic rings. The molecule has 0 unspecified atom stereocenters. The molecule has 2 heterocycles. The minimum absolute atomic E-state index is 0.0367. The number of rotatable bonds is 1. The van der Waals surface area contributed by atoms with Gasteiger partial charge < -0.3 is 4.42 Å². The molecule has 76 valence electrons. The number of nitrogens with one attached hydrogen (secondary N) is 1. The third kappa shape index (κ3) is 1.83. The number of hydrogen-bond donors (Lipinski definition) is 1. The molecule has 0 saturated carbocycles. The predicted molar refractivity (Wildman–Crippen MR) is 54.7 cm³/mol. The van der Waals surface area contributed by atoms with Crippen molar-refractivity contribution in [1.29, 1.82) is 0 Å². The average molecular weight is 259 g/mol. The molecule has 0 aliphatic carbocycles. The lowest BCUT2D eigenvalue weighted by molar-refractivity contribution is 0.0609. The van der Waals surface area contributed by atoms with Crippen LogP contribution in [0.2, 0.25) is 0 Å². The standard InChI is InChI=1S/C9H11BrN2O2/c10-8-7(3-6-14-8)9(13)12-5-2-1-4-11-12/h3,6,11H,1-2,4-5H2.